The van der Waals surface area contributed by atoms with Gasteiger partial charge in [0.1, 0.15) is 5.75 Å². The molecule has 0 N–H and O–H groups in total. The number of ether oxygens (including phenoxy) is 1. The molecule has 0 fully saturated rings. The van der Waals surface area contributed by atoms with Crippen LogP contribution in [0.1, 0.15) is 23.7 Å². The SMILES string of the molecule is CC(CC#N)C(=O)c1ccc(OC(F)(F)F)cc1. The Hall–Kier alpha value is -2.03. The third-order valence-electron chi connectivity index (χ3n) is 2.22. The second kappa shape index (κ2) is 5.54. The van der Waals surface area contributed by atoms with Gasteiger partial charge in [-0.2, -0.15) is 5.26 Å². The van der Waals surface area contributed by atoms with Crippen molar-refractivity contribution in [2.24, 2.45) is 5.92 Å². The Bertz CT molecular complexity index is 460. The first-order valence-corrected chi connectivity index (χ1v) is 5.10. The first-order chi connectivity index (χ1) is 8.33. The predicted molar refractivity (Wildman–Crippen MR) is 56.8 cm³/mol. The number of alkyl halides is 3. The lowest BCUT2D eigenvalue weighted by Crippen LogP contribution is -2.17. The van der Waals surface area contributed by atoms with Gasteiger partial charge in [0.2, 0.25) is 0 Å². The van der Waals surface area contributed by atoms with Crippen molar-refractivity contribution in [1.29, 1.82) is 5.26 Å². The van der Waals surface area contributed by atoms with Crippen molar-refractivity contribution >= 4 is 5.78 Å². The number of Topliss-reactive ketones (excluding diaryl/α,β-unsaturated/α-hetero) is 1. The van der Waals surface area contributed by atoms with Gasteiger partial charge in [0, 0.05) is 17.9 Å². The number of carbonyl (C=O) groups excluding carboxylic acids is 1. The molecule has 0 aromatic heterocycles. The molecule has 0 spiro atoms. The van der Waals surface area contributed by atoms with E-state index >= 15 is 0 Å². The standard InChI is InChI=1S/C12H10F3NO2/c1-8(6-7-16)11(17)9-2-4-10(5-3-9)18-12(13,14)15/h2-5,8H,6H2,1H3. The topological polar surface area (TPSA) is 50.1 Å². The normalized spacial score (nSPS) is 12.6. The van der Waals surface area contributed by atoms with E-state index in [4.69, 9.17) is 5.26 Å². The highest BCUT2D eigenvalue weighted by atomic mass is 19.4. The highest BCUT2D eigenvalue weighted by molar-refractivity contribution is 5.97. The van der Waals surface area contributed by atoms with Crippen LogP contribution in [0.5, 0.6) is 5.75 Å². The van der Waals surface area contributed by atoms with Gasteiger partial charge in [0.25, 0.3) is 0 Å². The van der Waals surface area contributed by atoms with Crippen LogP contribution in [0, 0.1) is 17.2 Å². The van der Waals surface area contributed by atoms with Crippen molar-refractivity contribution in [2.45, 2.75) is 19.7 Å². The second-order valence-corrected chi connectivity index (χ2v) is 3.70. The number of ketones is 1. The molecule has 0 aliphatic heterocycles. The molecule has 1 atom stereocenters. The Morgan fingerprint density at radius 3 is 2.39 bits per heavy atom. The van der Waals surface area contributed by atoms with Crippen LogP contribution in [-0.4, -0.2) is 12.1 Å². The number of nitriles is 1. The third kappa shape index (κ3) is 4.09. The second-order valence-electron chi connectivity index (χ2n) is 3.70. The minimum absolute atomic E-state index is 0.0691. The van der Waals surface area contributed by atoms with Gasteiger partial charge in [-0.3, -0.25) is 4.79 Å². The van der Waals surface area contributed by atoms with Crippen molar-refractivity contribution in [2.75, 3.05) is 0 Å². The Labute approximate surface area is 102 Å². The number of rotatable bonds is 4. The van der Waals surface area contributed by atoms with Gasteiger partial charge >= 0.3 is 6.36 Å². The van der Waals surface area contributed by atoms with E-state index in [0.717, 1.165) is 12.1 Å². The Balaban J connectivity index is 2.77. The molecule has 6 heteroatoms. The third-order valence-corrected chi connectivity index (χ3v) is 2.22. The van der Waals surface area contributed by atoms with Gasteiger partial charge in [0.05, 0.1) is 6.07 Å². The van der Waals surface area contributed by atoms with E-state index in [-0.39, 0.29) is 23.5 Å². The summed E-state index contributed by atoms with van der Waals surface area (Å²) >= 11 is 0. The van der Waals surface area contributed by atoms with Crippen molar-refractivity contribution in [3.8, 4) is 11.8 Å². The maximum atomic E-state index is 11.9. The number of benzene rings is 1. The fraction of sp³-hybridized carbons (Fsp3) is 0.333. The van der Waals surface area contributed by atoms with E-state index in [9.17, 15) is 18.0 Å². The quantitative estimate of drug-likeness (QED) is 0.777. The average molecular weight is 257 g/mol. The van der Waals surface area contributed by atoms with Crippen molar-refractivity contribution in [3.63, 3.8) is 0 Å². The molecule has 0 heterocycles. The molecule has 1 aromatic carbocycles. The lowest BCUT2D eigenvalue weighted by molar-refractivity contribution is -0.274. The van der Waals surface area contributed by atoms with E-state index in [1.165, 1.54) is 12.1 Å². The number of hydrogen-bond donors (Lipinski definition) is 0. The van der Waals surface area contributed by atoms with Crippen LogP contribution in [0.15, 0.2) is 24.3 Å². The Kier molecular flexibility index (Phi) is 4.32. The van der Waals surface area contributed by atoms with Gasteiger partial charge in [-0.25, -0.2) is 0 Å². The molecule has 0 saturated carbocycles. The largest absolute Gasteiger partial charge is 0.573 e. The molecule has 0 bridgehead atoms. The smallest absolute Gasteiger partial charge is 0.406 e. The zero-order valence-corrected chi connectivity index (χ0v) is 9.49. The highest BCUT2D eigenvalue weighted by Gasteiger charge is 2.31. The molecule has 3 nitrogen and oxygen atoms in total. The summed E-state index contributed by atoms with van der Waals surface area (Å²) in [5.74, 6) is -1.15. The van der Waals surface area contributed by atoms with E-state index < -0.39 is 12.3 Å². The van der Waals surface area contributed by atoms with E-state index in [0.29, 0.717) is 0 Å². The van der Waals surface area contributed by atoms with Gasteiger partial charge in [-0.1, -0.05) is 6.92 Å². The monoisotopic (exact) mass is 257 g/mol. The van der Waals surface area contributed by atoms with Crippen LogP contribution in [0.3, 0.4) is 0 Å². The van der Waals surface area contributed by atoms with Crippen LogP contribution in [-0.2, 0) is 0 Å². The van der Waals surface area contributed by atoms with Crippen LogP contribution in [0.4, 0.5) is 13.2 Å². The fourth-order valence-electron chi connectivity index (χ4n) is 1.34. The van der Waals surface area contributed by atoms with Gasteiger partial charge < -0.3 is 4.74 Å². The maximum Gasteiger partial charge on any atom is 0.573 e. The molecular formula is C12H10F3NO2. The van der Waals surface area contributed by atoms with Crippen LogP contribution in [0.25, 0.3) is 0 Å². The summed E-state index contributed by atoms with van der Waals surface area (Å²) in [6.45, 7) is 1.59. The first-order valence-electron chi connectivity index (χ1n) is 5.10. The molecular weight excluding hydrogens is 247 g/mol. The lowest BCUT2D eigenvalue weighted by Gasteiger charge is -2.10. The summed E-state index contributed by atoms with van der Waals surface area (Å²) in [7, 11) is 0. The minimum atomic E-state index is -4.75. The maximum absolute atomic E-state index is 11.9. The predicted octanol–water partition coefficient (Wildman–Crippen LogP) is 3.32. The van der Waals surface area contributed by atoms with Gasteiger partial charge in [-0.15, -0.1) is 13.2 Å². The molecule has 0 aliphatic rings. The number of carbonyl (C=O) groups is 1. The molecule has 0 amide bonds. The summed E-state index contributed by atoms with van der Waals surface area (Å²) in [4.78, 5) is 11.7. The summed E-state index contributed by atoms with van der Waals surface area (Å²) in [5, 5.41) is 8.46. The van der Waals surface area contributed by atoms with Crippen molar-refractivity contribution in [1.82, 2.24) is 0 Å². The zero-order chi connectivity index (χ0) is 13.8. The molecule has 1 unspecified atom stereocenters. The average Bonchev–Trinajstić information content (AvgIpc) is 2.27. The Morgan fingerprint density at radius 1 is 1.39 bits per heavy atom. The number of hydrogen-bond acceptors (Lipinski definition) is 3. The molecule has 96 valence electrons. The summed E-state index contributed by atoms with van der Waals surface area (Å²) in [5.41, 5.74) is 0.257. The minimum Gasteiger partial charge on any atom is -0.406 e. The van der Waals surface area contributed by atoms with Crippen LogP contribution in [0.2, 0.25) is 0 Å². The van der Waals surface area contributed by atoms with Crippen molar-refractivity contribution < 1.29 is 22.7 Å². The Morgan fingerprint density at radius 2 is 1.94 bits per heavy atom. The van der Waals surface area contributed by atoms with E-state index in [2.05, 4.69) is 4.74 Å². The summed E-state index contributed by atoms with van der Waals surface area (Å²) in [6, 6.07) is 6.50. The number of halogens is 3. The lowest BCUT2D eigenvalue weighted by atomic mass is 9.97. The summed E-state index contributed by atoms with van der Waals surface area (Å²) < 4.78 is 39.4. The number of nitrogens with zero attached hydrogens (tertiary/aromatic N) is 1. The van der Waals surface area contributed by atoms with Gasteiger partial charge in [-0.05, 0) is 24.3 Å². The first kappa shape index (κ1) is 14.0. The molecule has 0 saturated heterocycles. The van der Waals surface area contributed by atoms with Crippen molar-refractivity contribution in [3.05, 3.63) is 29.8 Å². The van der Waals surface area contributed by atoms with Crippen LogP contribution < -0.4 is 4.74 Å². The van der Waals surface area contributed by atoms with Gasteiger partial charge in [0.15, 0.2) is 5.78 Å². The molecule has 1 rings (SSSR count). The molecule has 0 radical (unpaired) electrons. The fourth-order valence-corrected chi connectivity index (χ4v) is 1.34. The zero-order valence-electron chi connectivity index (χ0n) is 9.49. The molecule has 18 heavy (non-hydrogen) atoms. The summed E-state index contributed by atoms with van der Waals surface area (Å²) in [6.07, 6.45) is -4.68. The van der Waals surface area contributed by atoms with E-state index in [1.54, 1.807) is 6.92 Å². The highest BCUT2D eigenvalue weighted by Crippen LogP contribution is 2.23. The van der Waals surface area contributed by atoms with Crippen LogP contribution >= 0.6 is 0 Å². The molecule has 1 aromatic rings. The van der Waals surface area contributed by atoms with E-state index in [1.807, 2.05) is 6.07 Å². The molecule has 0 aliphatic carbocycles.